The standard InChI is InChI=1S/C26H28N2O4/c1-3-32-26(30)24-23(21-16-19(31-2)13-14-22(21)27-24)28-25(29)20-12-8-7-11-18(20)15-17-9-5-4-6-10-17/h4-10,13-14,16,18,20,27H,3,11-12,15H2,1-2H3,(H,28,29)/t18-,20-/m0/s1. The number of nitrogens with one attached hydrogen (secondary N) is 2. The van der Waals surface area contributed by atoms with Crippen LogP contribution in [0.4, 0.5) is 5.69 Å². The van der Waals surface area contributed by atoms with Gasteiger partial charge in [0, 0.05) is 16.8 Å². The van der Waals surface area contributed by atoms with Crippen LogP contribution in [0.5, 0.6) is 5.75 Å². The lowest BCUT2D eigenvalue weighted by molar-refractivity contribution is -0.121. The summed E-state index contributed by atoms with van der Waals surface area (Å²) in [5.41, 5.74) is 2.63. The van der Waals surface area contributed by atoms with Crippen molar-refractivity contribution in [3.8, 4) is 5.75 Å². The molecule has 6 nitrogen and oxygen atoms in total. The SMILES string of the molecule is CCOC(=O)c1[nH]c2ccc(OC)cc2c1NC(=O)[C@H]1CC=CC[C@H]1Cc1ccccc1. The molecule has 0 unspecified atom stereocenters. The third-order valence-electron chi connectivity index (χ3n) is 5.98. The molecule has 6 heteroatoms. The van der Waals surface area contributed by atoms with Crippen molar-refractivity contribution in [1.82, 2.24) is 4.98 Å². The molecule has 1 heterocycles. The fraction of sp³-hybridized carbons (Fsp3) is 0.308. The van der Waals surface area contributed by atoms with E-state index in [4.69, 9.17) is 9.47 Å². The summed E-state index contributed by atoms with van der Waals surface area (Å²) in [4.78, 5) is 29.2. The Hall–Kier alpha value is -3.54. The zero-order valence-electron chi connectivity index (χ0n) is 18.4. The Morgan fingerprint density at radius 3 is 2.62 bits per heavy atom. The van der Waals surface area contributed by atoms with Gasteiger partial charge in [-0.2, -0.15) is 0 Å². The molecule has 32 heavy (non-hydrogen) atoms. The fourth-order valence-electron chi connectivity index (χ4n) is 4.33. The molecule has 0 fully saturated rings. The largest absolute Gasteiger partial charge is 0.497 e. The van der Waals surface area contributed by atoms with Crippen LogP contribution in [-0.4, -0.2) is 30.6 Å². The van der Waals surface area contributed by atoms with Crippen LogP contribution in [0.3, 0.4) is 0 Å². The van der Waals surface area contributed by atoms with E-state index in [1.807, 2.05) is 30.3 Å². The Balaban J connectivity index is 1.64. The quantitative estimate of drug-likeness (QED) is 0.401. The van der Waals surface area contributed by atoms with Crippen molar-refractivity contribution in [1.29, 1.82) is 0 Å². The predicted octanol–water partition coefficient (Wildman–Crippen LogP) is 5.12. The second-order valence-electron chi connectivity index (χ2n) is 8.00. The number of anilines is 1. The summed E-state index contributed by atoms with van der Waals surface area (Å²) < 4.78 is 10.6. The number of hydrogen-bond acceptors (Lipinski definition) is 4. The van der Waals surface area contributed by atoms with E-state index in [2.05, 4.69) is 34.6 Å². The number of methoxy groups -OCH3 is 1. The summed E-state index contributed by atoms with van der Waals surface area (Å²) in [6.07, 6.45) is 6.56. The number of carbonyl (C=O) groups is 2. The molecule has 1 aromatic heterocycles. The molecular formula is C26H28N2O4. The smallest absolute Gasteiger partial charge is 0.356 e. The van der Waals surface area contributed by atoms with Gasteiger partial charge in [-0.1, -0.05) is 42.5 Å². The van der Waals surface area contributed by atoms with Gasteiger partial charge in [-0.05, 0) is 55.9 Å². The van der Waals surface area contributed by atoms with Crippen molar-refractivity contribution >= 4 is 28.5 Å². The first kappa shape index (κ1) is 21.7. The van der Waals surface area contributed by atoms with Crippen molar-refractivity contribution in [2.75, 3.05) is 19.0 Å². The first-order valence-corrected chi connectivity index (χ1v) is 11.0. The molecule has 1 amide bonds. The number of fused-ring (bicyclic) bond motifs is 1. The highest BCUT2D eigenvalue weighted by Gasteiger charge is 2.31. The van der Waals surface area contributed by atoms with Gasteiger partial charge in [-0.3, -0.25) is 4.79 Å². The van der Waals surface area contributed by atoms with E-state index >= 15 is 0 Å². The van der Waals surface area contributed by atoms with E-state index < -0.39 is 5.97 Å². The van der Waals surface area contributed by atoms with E-state index in [0.29, 0.717) is 23.2 Å². The minimum Gasteiger partial charge on any atom is -0.497 e. The van der Waals surface area contributed by atoms with Crippen LogP contribution in [0, 0.1) is 11.8 Å². The predicted molar refractivity (Wildman–Crippen MR) is 125 cm³/mol. The zero-order chi connectivity index (χ0) is 22.5. The van der Waals surface area contributed by atoms with Gasteiger partial charge in [0.2, 0.25) is 5.91 Å². The van der Waals surface area contributed by atoms with Crippen molar-refractivity contribution in [2.24, 2.45) is 11.8 Å². The molecule has 2 atom stereocenters. The Labute approximate surface area is 187 Å². The van der Waals surface area contributed by atoms with Crippen LogP contribution >= 0.6 is 0 Å². The van der Waals surface area contributed by atoms with E-state index in [1.54, 1.807) is 20.1 Å². The van der Waals surface area contributed by atoms with Crippen LogP contribution in [0.25, 0.3) is 10.9 Å². The molecule has 0 radical (unpaired) electrons. The van der Waals surface area contributed by atoms with Gasteiger partial charge in [0.05, 0.1) is 19.4 Å². The normalized spacial score (nSPS) is 17.8. The van der Waals surface area contributed by atoms with E-state index in [9.17, 15) is 9.59 Å². The first-order valence-electron chi connectivity index (χ1n) is 11.0. The molecular weight excluding hydrogens is 404 g/mol. The van der Waals surface area contributed by atoms with Gasteiger partial charge in [0.1, 0.15) is 11.4 Å². The molecule has 0 bridgehead atoms. The Morgan fingerprint density at radius 1 is 1.09 bits per heavy atom. The van der Waals surface area contributed by atoms with Crippen molar-refractivity contribution in [2.45, 2.75) is 26.2 Å². The highest BCUT2D eigenvalue weighted by molar-refractivity contribution is 6.11. The lowest BCUT2D eigenvalue weighted by Gasteiger charge is -2.28. The minimum absolute atomic E-state index is 0.0930. The number of aromatic nitrogens is 1. The fourth-order valence-corrected chi connectivity index (χ4v) is 4.33. The number of H-pyrrole nitrogens is 1. The topological polar surface area (TPSA) is 80.4 Å². The highest BCUT2D eigenvalue weighted by Crippen LogP contribution is 2.34. The summed E-state index contributed by atoms with van der Waals surface area (Å²) in [5, 5.41) is 3.76. The molecule has 166 valence electrons. The average molecular weight is 433 g/mol. The van der Waals surface area contributed by atoms with Crippen LogP contribution in [0.15, 0.2) is 60.7 Å². The number of allylic oxidation sites excluding steroid dienone is 2. The second-order valence-corrected chi connectivity index (χ2v) is 8.00. The number of hydrogen-bond donors (Lipinski definition) is 2. The van der Waals surface area contributed by atoms with Gasteiger partial charge in [-0.25, -0.2) is 4.79 Å². The molecule has 4 rings (SSSR count). The molecule has 2 aromatic carbocycles. The summed E-state index contributed by atoms with van der Waals surface area (Å²) >= 11 is 0. The van der Waals surface area contributed by atoms with E-state index in [-0.39, 0.29) is 30.0 Å². The van der Waals surface area contributed by atoms with Crippen LogP contribution in [-0.2, 0) is 16.0 Å². The third-order valence-corrected chi connectivity index (χ3v) is 5.98. The van der Waals surface area contributed by atoms with Gasteiger partial charge in [0.25, 0.3) is 0 Å². The number of aromatic amines is 1. The van der Waals surface area contributed by atoms with Gasteiger partial charge >= 0.3 is 5.97 Å². The minimum atomic E-state index is -0.498. The monoisotopic (exact) mass is 432 g/mol. The van der Waals surface area contributed by atoms with Gasteiger partial charge in [0.15, 0.2) is 0 Å². The van der Waals surface area contributed by atoms with E-state index in [1.165, 1.54) is 5.56 Å². The maximum atomic E-state index is 13.5. The van der Waals surface area contributed by atoms with Gasteiger partial charge in [-0.15, -0.1) is 0 Å². The first-order chi connectivity index (χ1) is 15.6. The van der Waals surface area contributed by atoms with E-state index in [0.717, 1.165) is 18.4 Å². The number of carbonyl (C=O) groups excluding carboxylic acids is 2. The van der Waals surface area contributed by atoms with Crippen molar-refractivity contribution in [3.63, 3.8) is 0 Å². The molecule has 1 aliphatic rings. The summed E-state index contributed by atoms with van der Waals surface area (Å²) in [5.74, 6) is 0.0517. The number of amides is 1. The molecule has 0 spiro atoms. The Kier molecular flexibility index (Phi) is 6.59. The molecule has 3 aromatic rings. The molecule has 0 aliphatic heterocycles. The maximum Gasteiger partial charge on any atom is 0.356 e. The number of esters is 1. The molecule has 2 N–H and O–H groups in total. The zero-order valence-corrected chi connectivity index (χ0v) is 18.4. The summed E-state index contributed by atoms with van der Waals surface area (Å²) in [7, 11) is 1.58. The van der Waals surface area contributed by atoms with Gasteiger partial charge < -0.3 is 19.8 Å². The third kappa shape index (κ3) is 4.54. The summed E-state index contributed by atoms with van der Waals surface area (Å²) in [6.45, 7) is 2.00. The van der Waals surface area contributed by atoms with Crippen molar-refractivity contribution < 1.29 is 19.1 Å². The van der Waals surface area contributed by atoms with Crippen LogP contribution in [0.2, 0.25) is 0 Å². The maximum absolute atomic E-state index is 13.5. The molecule has 1 aliphatic carbocycles. The number of ether oxygens (including phenoxy) is 2. The number of benzene rings is 2. The highest BCUT2D eigenvalue weighted by atomic mass is 16.5. The lowest BCUT2D eigenvalue weighted by atomic mass is 9.78. The van der Waals surface area contributed by atoms with Crippen LogP contribution in [0.1, 0.15) is 35.8 Å². The summed E-state index contributed by atoms with van der Waals surface area (Å²) in [6, 6.07) is 15.7. The second kappa shape index (κ2) is 9.73. The van der Waals surface area contributed by atoms with Crippen molar-refractivity contribution in [3.05, 3.63) is 71.9 Å². The molecule has 0 saturated heterocycles. The number of rotatable bonds is 7. The lowest BCUT2D eigenvalue weighted by Crippen LogP contribution is -2.32. The Bertz CT molecular complexity index is 1130. The molecule has 0 saturated carbocycles. The Morgan fingerprint density at radius 2 is 1.88 bits per heavy atom. The average Bonchev–Trinajstić information content (AvgIpc) is 3.17. The van der Waals surface area contributed by atoms with Crippen LogP contribution < -0.4 is 10.1 Å².